The molecular formula is C11H12BrN3O. The molecule has 0 bridgehead atoms. The van der Waals surface area contributed by atoms with E-state index in [4.69, 9.17) is 11.0 Å². The first-order valence-electron chi connectivity index (χ1n) is 4.73. The van der Waals surface area contributed by atoms with Crippen molar-refractivity contribution in [1.29, 1.82) is 5.26 Å². The first-order chi connectivity index (χ1) is 7.56. The monoisotopic (exact) mass is 281 g/mol. The Hall–Kier alpha value is -1.54. The maximum absolute atomic E-state index is 11.9. The number of nitrogen functional groups attached to an aromatic ring is 1. The van der Waals surface area contributed by atoms with Crippen LogP contribution in [0.4, 0.5) is 5.69 Å². The molecule has 1 rings (SSSR count). The Balaban J connectivity index is 2.84. The minimum absolute atomic E-state index is 0.166. The van der Waals surface area contributed by atoms with Gasteiger partial charge in [-0.1, -0.05) is 15.9 Å². The fourth-order valence-corrected chi connectivity index (χ4v) is 1.63. The van der Waals surface area contributed by atoms with Gasteiger partial charge < -0.3 is 10.6 Å². The Kier molecular flexibility index (Phi) is 4.32. The van der Waals surface area contributed by atoms with Gasteiger partial charge in [-0.2, -0.15) is 5.26 Å². The van der Waals surface area contributed by atoms with E-state index in [0.717, 1.165) is 4.47 Å². The molecular weight excluding hydrogens is 270 g/mol. The van der Waals surface area contributed by atoms with Crippen molar-refractivity contribution < 1.29 is 4.79 Å². The molecule has 16 heavy (non-hydrogen) atoms. The Bertz CT molecular complexity index is 439. The van der Waals surface area contributed by atoms with Gasteiger partial charge in [0.25, 0.3) is 5.91 Å². The van der Waals surface area contributed by atoms with E-state index in [1.54, 1.807) is 25.2 Å². The van der Waals surface area contributed by atoms with Crippen LogP contribution < -0.4 is 5.73 Å². The van der Waals surface area contributed by atoms with Gasteiger partial charge in [0.05, 0.1) is 18.1 Å². The number of amides is 1. The van der Waals surface area contributed by atoms with Crippen LogP contribution in [0.25, 0.3) is 0 Å². The van der Waals surface area contributed by atoms with Gasteiger partial charge in [0.1, 0.15) is 0 Å². The minimum Gasteiger partial charge on any atom is -0.398 e. The summed E-state index contributed by atoms with van der Waals surface area (Å²) >= 11 is 3.28. The molecule has 0 spiro atoms. The Labute approximate surface area is 103 Å². The van der Waals surface area contributed by atoms with E-state index in [0.29, 0.717) is 24.2 Å². The van der Waals surface area contributed by atoms with Crippen molar-refractivity contribution in [1.82, 2.24) is 4.90 Å². The lowest BCUT2D eigenvalue weighted by Crippen LogP contribution is -2.28. The normalized spacial score (nSPS) is 9.56. The topological polar surface area (TPSA) is 70.1 Å². The molecule has 0 aliphatic rings. The molecule has 0 aliphatic carbocycles. The lowest BCUT2D eigenvalue weighted by molar-refractivity contribution is 0.0799. The van der Waals surface area contributed by atoms with Crippen LogP contribution in [-0.4, -0.2) is 24.4 Å². The Morgan fingerprint density at radius 2 is 2.31 bits per heavy atom. The van der Waals surface area contributed by atoms with E-state index in [1.807, 2.05) is 6.07 Å². The van der Waals surface area contributed by atoms with Crippen molar-refractivity contribution in [3.63, 3.8) is 0 Å². The average molecular weight is 282 g/mol. The summed E-state index contributed by atoms with van der Waals surface area (Å²) < 4.78 is 0.834. The number of nitrogens with two attached hydrogens (primary N) is 1. The second-order valence-corrected chi connectivity index (χ2v) is 4.28. The van der Waals surface area contributed by atoms with Crippen LogP contribution in [0, 0.1) is 11.3 Å². The second kappa shape index (κ2) is 5.52. The fourth-order valence-electron chi connectivity index (χ4n) is 1.25. The molecule has 0 atom stereocenters. The van der Waals surface area contributed by atoms with Crippen molar-refractivity contribution in [2.24, 2.45) is 0 Å². The van der Waals surface area contributed by atoms with Gasteiger partial charge >= 0.3 is 0 Å². The third-order valence-electron chi connectivity index (χ3n) is 2.15. The molecule has 0 saturated heterocycles. The van der Waals surface area contributed by atoms with Crippen molar-refractivity contribution in [2.75, 3.05) is 19.3 Å². The average Bonchev–Trinajstić information content (AvgIpc) is 2.25. The zero-order valence-corrected chi connectivity index (χ0v) is 10.5. The van der Waals surface area contributed by atoms with E-state index in [2.05, 4.69) is 15.9 Å². The van der Waals surface area contributed by atoms with Gasteiger partial charge in [0, 0.05) is 23.8 Å². The maximum Gasteiger partial charge on any atom is 0.255 e. The fraction of sp³-hybridized carbons (Fsp3) is 0.273. The summed E-state index contributed by atoms with van der Waals surface area (Å²) in [7, 11) is 1.65. The molecule has 1 amide bonds. The first-order valence-corrected chi connectivity index (χ1v) is 5.53. The third-order valence-corrected chi connectivity index (χ3v) is 2.64. The highest BCUT2D eigenvalue weighted by molar-refractivity contribution is 9.10. The number of benzene rings is 1. The van der Waals surface area contributed by atoms with Crippen molar-refractivity contribution in [2.45, 2.75) is 6.42 Å². The van der Waals surface area contributed by atoms with Gasteiger partial charge in [-0.15, -0.1) is 0 Å². The largest absolute Gasteiger partial charge is 0.398 e. The van der Waals surface area contributed by atoms with E-state index < -0.39 is 0 Å². The lowest BCUT2D eigenvalue weighted by atomic mass is 10.1. The van der Waals surface area contributed by atoms with Crippen molar-refractivity contribution in [3.05, 3.63) is 28.2 Å². The van der Waals surface area contributed by atoms with Crippen LogP contribution in [0.1, 0.15) is 16.8 Å². The van der Waals surface area contributed by atoms with Gasteiger partial charge in [-0.05, 0) is 18.2 Å². The van der Waals surface area contributed by atoms with Crippen LogP contribution in [0.2, 0.25) is 0 Å². The van der Waals surface area contributed by atoms with Gasteiger partial charge in [-0.3, -0.25) is 4.79 Å². The van der Waals surface area contributed by atoms with E-state index >= 15 is 0 Å². The number of hydrogen-bond acceptors (Lipinski definition) is 3. The highest BCUT2D eigenvalue weighted by Crippen LogP contribution is 2.19. The molecule has 0 radical (unpaired) electrons. The zero-order chi connectivity index (χ0) is 12.1. The number of nitriles is 1. The molecule has 0 saturated carbocycles. The highest BCUT2D eigenvalue weighted by Gasteiger charge is 2.14. The molecule has 0 aliphatic heterocycles. The zero-order valence-electron chi connectivity index (χ0n) is 8.90. The number of carbonyl (C=O) groups is 1. The highest BCUT2D eigenvalue weighted by atomic mass is 79.9. The summed E-state index contributed by atoms with van der Waals surface area (Å²) in [5.74, 6) is -0.166. The summed E-state index contributed by atoms with van der Waals surface area (Å²) in [5, 5.41) is 8.44. The summed E-state index contributed by atoms with van der Waals surface area (Å²) in [6, 6.07) is 7.12. The summed E-state index contributed by atoms with van der Waals surface area (Å²) in [6.07, 6.45) is 0.318. The first kappa shape index (κ1) is 12.5. The number of hydrogen-bond donors (Lipinski definition) is 1. The quantitative estimate of drug-likeness (QED) is 0.862. The number of halogens is 1. The summed E-state index contributed by atoms with van der Waals surface area (Å²) in [6.45, 7) is 0.408. The van der Waals surface area contributed by atoms with Gasteiger partial charge in [0.2, 0.25) is 0 Å². The molecule has 0 unspecified atom stereocenters. The van der Waals surface area contributed by atoms with Gasteiger partial charge in [0.15, 0.2) is 0 Å². The standard InChI is InChI=1S/C11H12BrN3O/c1-15(6-2-5-13)11(16)9-4-3-8(12)7-10(9)14/h3-4,7H,2,6,14H2,1H3. The van der Waals surface area contributed by atoms with Crippen LogP contribution >= 0.6 is 15.9 Å². The molecule has 5 heteroatoms. The van der Waals surface area contributed by atoms with Crippen LogP contribution in [0.3, 0.4) is 0 Å². The molecule has 0 fully saturated rings. The molecule has 0 aromatic heterocycles. The number of rotatable bonds is 3. The molecule has 1 aromatic carbocycles. The van der Waals surface area contributed by atoms with Crippen LogP contribution in [-0.2, 0) is 0 Å². The summed E-state index contributed by atoms with van der Waals surface area (Å²) in [5.41, 5.74) is 6.64. The Morgan fingerprint density at radius 1 is 1.62 bits per heavy atom. The smallest absolute Gasteiger partial charge is 0.255 e. The molecule has 2 N–H and O–H groups in total. The van der Waals surface area contributed by atoms with Crippen molar-refractivity contribution >= 4 is 27.5 Å². The number of carbonyl (C=O) groups excluding carboxylic acids is 1. The van der Waals surface area contributed by atoms with E-state index in [-0.39, 0.29) is 5.91 Å². The predicted octanol–water partition coefficient (Wildman–Crippen LogP) is 2.02. The van der Waals surface area contributed by atoms with Crippen molar-refractivity contribution in [3.8, 4) is 6.07 Å². The number of nitrogens with zero attached hydrogens (tertiary/aromatic N) is 2. The Morgan fingerprint density at radius 3 is 2.88 bits per heavy atom. The minimum atomic E-state index is -0.166. The van der Waals surface area contributed by atoms with E-state index in [1.165, 1.54) is 4.90 Å². The van der Waals surface area contributed by atoms with Crippen LogP contribution in [0.15, 0.2) is 22.7 Å². The van der Waals surface area contributed by atoms with Crippen LogP contribution in [0.5, 0.6) is 0 Å². The molecule has 1 aromatic rings. The SMILES string of the molecule is CN(CCC#N)C(=O)c1ccc(Br)cc1N. The lowest BCUT2D eigenvalue weighted by Gasteiger charge is -2.16. The summed E-state index contributed by atoms with van der Waals surface area (Å²) in [4.78, 5) is 13.4. The molecule has 4 nitrogen and oxygen atoms in total. The van der Waals surface area contributed by atoms with Gasteiger partial charge in [-0.25, -0.2) is 0 Å². The second-order valence-electron chi connectivity index (χ2n) is 3.37. The molecule has 84 valence electrons. The maximum atomic E-state index is 11.9. The predicted molar refractivity (Wildman–Crippen MR) is 65.7 cm³/mol. The third kappa shape index (κ3) is 2.97. The molecule has 0 heterocycles. The van der Waals surface area contributed by atoms with E-state index in [9.17, 15) is 4.79 Å². The number of anilines is 1.